The number of nitrogens with zero attached hydrogens (tertiary/aromatic N) is 2. The van der Waals surface area contributed by atoms with Gasteiger partial charge in [-0.05, 0) is 12.1 Å². The molecule has 6 nitrogen and oxygen atoms in total. The molecular weight excluding hydrogens is 270 g/mol. The molecule has 0 fully saturated rings. The van der Waals surface area contributed by atoms with Crippen molar-refractivity contribution in [2.75, 3.05) is 20.3 Å². The number of nitrogens with one attached hydrogen (secondary N) is 1. The van der Waals surface area contributed by atoms with Gasteiger partial charge in [0, 0.05) is 24.8 Å². The maximum absolute atomic E-state index is 11.9. The van der Waals surface area contributed by atoms with Crippen molar-refractivity contribution in [3.63, 3.8) is 0 Å². The molecular formula is C15H17N3O3. The lowest BCUT2D eigenvalue weighted by Gasteiger charge is -2.19. The van der Waals surface area contributed by atoms with Crippen LogP contribution >= 0.6 is 0 Å². The van der Waals surface area contributed by atoms with Gasteiger partial charge >= 0.3 is 0 Å². The lowest BCUT2D eigenvalue weighted by atomic mass is 10.0. The van der Waals surface area contributed by atoms with Crippen LogP contribution in [0.5, 0.6) is 5.75 Å². The highest BCUT2D eigenvalue weighted by atomic mass is 16.5. The van der Waals surface area contributed by atoms with Gasteiger partial charge in [-0.2, -0.15) is 5.10 Å². The first-order chi connectivity index (χ1) is 10.3. The number of amides is 1. The molecule has 21 heavy (non-hydrogen) atoms. The zero-order valence-corrected chi connectivity index (χ0v) is 11.8. The minimum absolute atomic E-state index is 0.0816. The molecule has 3 rings (SSSR count). The Hall–Kier alpha value is -2.34. The Morgan fingerprint density at radius 2 is 2.33 bits per heavy atom. The predicted octanol–water partition coefficient (Wildman–Crippen LogP) is 1.21. The van der Waals surface area contributed by atoms with Gasteiger partial charge in [0.25, 0.3) is 0 Å². The molecule has 1 N–H and O–H groups in total. The van der Waals surface area contributed by atoms with Crippen LogP contribution in [0.2, 0.25) is 0 Å². The Morgan fingerprint density at radius 3 is 3.19 bits per heavy atom. The fraction of sp³-hybridized carbons (Fsp3) is 0.333. The van der Waals surface area contributed by atoms with Crippen molar-refractivity contribution in [3.05, 3.63) is 36.0 Å². The summed E-state index contributed by atoms with van der Waals surface area (Å²) >= 11 is 0. The smallest absolute Gasteiger partial charge is 0.241 e. The summed E-state index contributed by atoms with van der Waals surface area (Å²) in [6.45, 7) is 1.67. The van der Waals surface area contributed by atoms with Gasteiger partial charge in [0.1, 0.15) is 18.9 Å². The number of aromatic nitrogens is 2. The van der Waals surface area contributed by atoms with Crippen molar-refractivity contribution in [2.45, 2.75) is 13.2 Å². The summed E-state index contributed by atoms with van der Waals surface area (Å²) in [5, 5.41) is 7.11. The van der Waals surface area contributed by atoms with E-state index in [-0.39, 0.29) is 12.5 Å². The van der Waals surface area contributed by atoms with Crippen LogP contribution in [0.15, 0.2) is 30.5 Å². The second-order valence-corrected chi connectivity index (χ2v) is 4.80. The highest BCUT2D eigenvalue weighted by molar-refractivity contribution is 5.78. The summed E-state index contributed by atoms with van der Waals surface area (Å²) in [4.78, 5) is 11.9. The van der Waals surface area contributed by atoms with Crippen molar-refractivity contribution in [2.24, 2.45) is 0 Å². The van der Waals surface area contributed by atoms with Gasteiger partial charge < -0.3 is 14.8 Å². The van der Waals surface area contributed by atoms with Crippen molar-refractivity contribution >= 4 is 5.91 Å². The first-order valence-corrected chi connectivity index (χ1v) is 6.82. The SMILES string of the molecule is COCCNC(=O)Cn1ncc2c1-c1ccccc1OC2. The predicted molar refractivity (Wildman–Crippen MR) is 76.9 cm³/mol. The summed E-state index contributed by atoms with van der Waals surface area (Å²) in [6, 6.07) is 7.79. The number of hydrogen-bond acceptors (Lipinski definition) is 4. The van der Waals surface area contributed by atoms with Gasteiger partial charge in [-0.25, -0.2) is 0 Å². The molecule has 1 aromatic carbocycles. The Bertz CT molecular complexity index is 651. The fourth-order valence-electron chi connectivity index (χ4n) is 2.39. The van der Waals surface area contributed by atoms with Crippen LogP contribution in [0, 0.1) is 0 Å². The molecule has 1 aromatic heterocycles. The number of rotatable bonds is 5. The Labute approximate surface area is 122 Å². The van der Waals surface area contributed by atoms with Crippen LogP contribution < -0.4 is 10.1 Å². The number of para-hydroxylation sites is 1. The molecule has 2 aromatic rings. The van der Waals surface area contributed by atoms with E-state index in [0.29, 0.717) is 19.8 Å². The third-order valence-electron chi connectivity index (χ3n) is 3.36. The minimum atomic E-state index is -0.0816. The molecule has 0 radical (unpaired) electrons. The largest absolute Gasteiger partial charge is 0.488 e. The average Bonchev–Trinajstić information content (AvgIpc) is 2.91. The van der Waals surface area contributed by atoms with E-state index in [4.69, 9.17) is 9.47 Å². The Balaban J connectivity index is 1.81. The van der Waals surface area contributed by atoms with Crippen LogP contribution in [0.4, 0.5) is 0 Å². The number of carbonyl (C=O) groups is 1. The summed E-state index contributed by atoms with van der Waals surface area (Å²) in [7, 11) is 1.60. The third kappa shape index (κ3) is 2.75. The van der Waals surface area contributed by atoms with Gasteiger partial charge in [0.2, 0.25) is 5.91 Å². The van der Waals surface area contributed by atoms with E-state index in [1.807, 2.05) is 24.3 Å². The molecule has 0 bridgehead atoms. The second-order valence-electron chi connectivity index (χ2n) is 4.80. The van der Waals surface area contributed by atoms with Gasteiger partial charge in [0.05, 0.1) is 18.5 Å². The molecule has 110 valence electrons. The number of carbonyl (C=O) groups excluding carboxylic acids is 1. The molecule has 2 heterocycles. The van der Waals surface area contributed by atoms with Crippen molar-refractivity contribution in [3.8, 4) is 17.0 Å². The summed E-state index contributed by atoms with van der Waals surface area (Å²) in [6.07, 6.45) is 1.76. The van der Waals surface area contributed by atoms with Crippen LogP contribution in [-0.4, -0.2) is 35.9 Å². The van der Waals surface area contributed by atoms with Crippen molar-refractivity contribution in [1.82, 2.24) is 15.1 Å². The normalized spacial score (nSPS) is 12.2. The average molecular weight is 287 g/mol. The van der Waals surface area contributed by atoms with Gasteiger partial charge in [-0.15, -0.1) is 0 Å². The highest BCUT2D eigenvalue weighted by Gasteiger charge is 2.22. The van der Waals surface area contributed by atoms with E-state index >= 15 is 0 Å². The number of ether oxygens (including phenoxy) is 2. The molecule has 1 aliphatic heterocycles. The molecule has 0 saturated carbocycles. The third-order valence-corrected chi connectivity index (χ3v) is 3.36. The molecule has 0 atom stereocenters. The van der Waals surface area contributed by atoms with E-state index < -0.39 is 0 Å². The van der Waals surface area contributed by atoms with Crippen LogP contribution in [0.1, 0.15) is 5.56 Å². The maximum Gasteiger partial charge on any atom is 0.241 e. The van der Waals surface area contributed by atoms with Gasteiger partial charge in [-0.1, -0.05) is 12.1 Å². The highest BCUT2D eigenvalue weighted by Crippen LogP contribution is 2.36. The lowest BCUT2D eigenvalue weighted by molar-refractivity contribution is -0.122. The molecule has 6 heteroatoms. The first-order valence-electron chi connectivity index (χ1n) is 6.82. The quantitative estimate of drug-likeness (QED) is 0.839. The zero-order valence-electron chi connectivity index (χ0n) is 11.8. The van der Waals surface area contributed by atoms with Gasteiger partial charge in [-0.3, -0.25) is 9.48 Å². The topological polar surface area (TPSA) is 65.4 Å². The summed E-state index contributed by atoms with van der Waals surface area (Å²) in [5.41, 5.74) is 2.93. The van der Waals surface area contributed by atoms with E-state index in [1.54, 1.807) is 18.0 Å². The van der Waals surface area contributed by atoms with Crippen LogP contribution in [0.25, 0.3) is 11.3 Å². The van der Waals surface area contributed by atoms with E-state index in [0.717, 1.165) is 22.6 Å². The summed E-state index contributed by atoms with van der Waals surface area (Å²) < 4.78 is 12.3. The molecule has 0 spiro atoms. The van der Waals surface area contributed by atoms with E-state index in [1.165, 1.54) is 0 Å². The molecule has 0 saturated heterocycles. The van der Waals surface area contributed by atoms with Crippen molar-refractivity contribution < 1.29 is 14.3 Å². The monoisotopic (exact) mass is 287 g/mol. The molecule has 0 unspecified atom stereocenters. The van der Waals surface area contributed by atoms with Crippen LogP contribution in [0.3, 0.4) is 0 Å². The minimum Gasteiger partial charge on any atom is -0.488 e. The molecule has 0 aliphatic carbocycles. The lowest BCUT2D eigenvalue weighted by Crippen LogP contribution is -2.31. The zero-order chi connectivity index (χ0) is 14.7. The maximum atomic E-state index is 11.9. The summed E-state index contributed by atoms with van der Waals surface area (Å²) in [5.74, 6) is 0.744. The number of fused-ring (bicyclic) bond motifs is 3. The number of benzene rings is 1. The number of hydrogen-bond donors (Lipinski definition) is 1. The first kappa shape index (κ1) is 13.6. The standard InChI is InChI=1S/C15H17N3O3/c1-20-7-6-16-14(19)9-18-15-11(8-17-18)10-21-13-5-3-2-4-12(13)15/h2-5,8H,6-7,9-10H2,1H3,(H,16,19). The van der Waals surface area contributed by atoms with Crippen LogP contribution in [-0.2, 0) is 22.7 Å². The Kier molecular flexibility index (Phi) is 3.87. The molecule has 1 amide bonds. The molecule has 1 aliphatic rings. The fourth-order valence-corrected chi connectivity index (χ4v) is 2.39. The Morgan fingerprint density at radius 1 is 1.48 bits per heavy atom. The van der Waals surface area contributed by atoms with E-state index in [2.05, 4.69) is 10.4 Å². The number of methoxy groups -OCH3 is 1. The van der Waals surface area contributed by atoms with Crippen molar-refractivity contribution in [1.29, 1.82) is 0 Å². The van der Waals surface area contributed by atoms with E-state index in [9.17, 15) is 4.79 Å². The van der Waals surface area contributed by atoms with Gasteiger partial charge in [0.15, 0.2) is 0 Å². The second kappa shape index (κ2) is 5.97.